The molecule has 0 bridgehead atoms. The zero-order valence-electron chi connectivity index (χ0n) is 15.7. The zero-order chi connectivity index (χ0) is 20.0. The molecule has 154 valence electrons. The maximum Gasteiger partial charge on any atom is 0.240 e. The minimum absolute atomic E-state index is 0. The fourth-order valence-electron chi connectivity index (χ4n) is 2.46. The van der Waals surface area contributed by atoms with E-state index < -0.39 is 10.0 Å². The fourth-order valence-corrected chi connectivity index (χ4v) is 3.83. The van der Waals surface area contributed by atoms with Gasteiger partial charge in [0, 0.05) is 23.6 Å². The number of guanidine groups is 1. The highest BCUT2D eigenvalue weighted by Gasteiger charge is 2.13. The molecule has 2 aromatic rings. The molecular formula is C18H23Cl2IN4O2S. The van der Waals surface area contributed by atoms with E-state index in [-0.39, 0.29) is 34.9 Å². The second kappa shape index (κ2) is 11.2. The summed E-state index contributed by atoms with van der Waals surface area (Å²) >= 11 is 12.2. The lowest BCUT2D eigenvalue weighted by Gasteiger charge is -2.19. The van der Waals surface area contributed by atoms with Gasteiger partial charge in [-0.25, -0.2) is 13.1 Å². The summed E-state index contributed by atoms with van der Waals surface area (Å²) in [5.41, 5.74) is 1.71. The smallest absolute Gasteiger partial charge is 0.240 e. The average Bonchev–Trinajstić information content (AvgIpc) is 2.65. The molecule has 28 heavy (non-hydrogen) atoms. The lowest BCUT2D eigenvalue weighted by atomic mass is 10.1. The van der Waals surface area contributed by atoms with Crippen molar-refractivity contribution in [1.82, 2.24) is 15.4 Å². The highest BCUT2D eigenvalue weighted by molar-refractivity contribution is 14.0. The Hall–Kier alpha value is -1.07. The monoisotopic (exact) mass is 556 g/mol. The number of halogens is 3. The van der Waals surface area contributed by atoms with E-state index in [1.165, 1.54) is 7.05 Å². The summed E-state index contributed by atoms with van der Waals surface area (Å²) in [6, 6.07) is 11.9. The number of hydrogen-bond donors (Lipinski definition) is 3. The molecule has 0 fully saturated rings. The van der Waals surface area contributed by atoms with Crippen LogP contribution in [0.25, 0.3) is 0 Å². The molecule has 0 spiro atoms. The van der Waals surface area contributed by atoms with E-state index in [1.54, 1.807) is 37.4 Å². The molecule has 3 N–H and O–H groups in total. The van der Waals surface area contributed by atoms with Gasteiger partial charge in [0.2, 0.25) is 10.0 Å². The standard InChI is InChI=1S/C18H22Cl2N4O2S.HI/c1-12(16-8-7-14(19)10-17(16)20)24-18(21-2)23-11-13-5-4-6-15(9-13)27(25,26)22-3;/h4-10,12,22H,11H2,1-3H3,(H2,21,23,24);1H. The number of hydrogen-bond acceptors (Lipinski definition) is 3. The molecule has 0 aliphatic heterocycles. The van der Waals surface area contributed by atoms with Crippen molar-refractivity contribution in [2.45, 2.75) is 24.4 Å². The number of nitrogens with zero attached hydrogens (tertiary/aromatic N) is 1. The molecule has 1 atom stereocenters. The number of benzene rings is 2. The number of sulfonamides is 1. The molecular weight excluding hydrogens is 534 g/mol. The molecule has 0 radical (unpaired) electrons. The first-order valence-corrected chi connectivity index (χ1v) is 10.5. The van der Waals surface area contributed by atoms with Crippen LogP contribution in [-0.4, -0.2) is 28.5 Å². The molecule has 6 nitrogen and oxygen atoms in total. The second-order valence-corrected chi connectivity index (χ2v) is 8.54. The lowest BCUT2D eigenvalue weighted by Crippen LogP contribution is -2.38. The summed E-state index contributed by atoms with van der Waals surface area (Å²) in [4.78, 5) is 4.41. The third kappa shape index (κ3) is 6.77. The van der Waals surface area contributed by atoms with Crippen molar-refractivity contribution in [2.75, 3.05) is 14.1 Å². The van der Waals surface area contributed by atoms with E-state index in [0.717, 1.165) is 11.1 Å². The Kier molecular flexibility index (Phi) is 9.99. The number of nitrogens with one attached hydrogen (secondary N) is 3. The molecule has 10 heteroatoms. The summed E-state index contributed by atoms with van der Waals surface area (Å²) in [7, 11) is -0.433. The Bertz CT molecular complexity index is 939. The first-order chi connectivity index (χ1) is 12.8. The van der Waals surface area contributed by atoms with Crippen LogP contribution < -0.4 is 15.4 Å². The minimum atomic E-state index is -3.48. The minimum Gasteiger partial charge on any atom is -0.352 e. The van der Waals surface area contributed by atoms with Crippen LogP contribution in [0.4, 0.5) is 0 Å². The first kappa shape index (κ1) is 25.0. The van der Waals surface area contributed by atoms with Gasteiger partial charge in [0.25, 0.3) is 0 Å². The van der Waals surface area contributed by atoms with E-state index in [2.05, 4.69) is 20.3 Å². The fraction of sp³-hybridized carbons (Fsp3) is 0.278. The Morgan fingerprint density at radius 1 is 1.18 bits per heavy atom. The van der Waals surface area contributed by atoms with E-state index in [1.807, 2.05) is 19.1 Å². The third-order valence-corrected chi connectivity index (χ3v) is 5.92. The van der Waals surface area contributed by atoms with Crippen molar-refractivity contribution < 1.29 is 8.42 Å². The van der Waals surface area contributed by atoms with Crippen LogP contribution in [0.15, 0.2) is 52.4 Å². The Morgan fingerprint density at radius 3 is 2.50 bits per heavy atom. The molecule has 0 amide bonds. The summed E-state index contributed by atoms with van der Waals surface area (Å²) in [6.07, 6.45) is 0. The molecule has 2 aromatic carbocycles. The van der Waals surface area contributed by atoms with Crippen LogP contribution in [-0.2, 0) is 16.6 Å². The summed E-state index contributed by atoms with van der Waals surface area (Å²) in [6.45, 7) is 2.37. The van der Waals surface area contributed by atoms with Crippen molar-refractivity contribution in [1.29, 1.82) is 0 Å². The van der Waals surface area contributed by atoms with E-state index >= 15 is 0 Å². The zero-order valence-corrected chi connectivity index (χ0v) is 20.3. The SMILES string of the molecule is CN=C(NCc1cccc(S(=O)(=O)NC)c1)NC(C)c1ccc(Cl)cc1Cl.I. The van der Waals surface area contributed by atoms with Crippen molar-refractivity contribution in [3.8, 4) is 0 Å². The van der Waals surface area contributed by atoms with Crippen LogP contribution in [0.3, 0.4) is 0 Å². The van der Waals surface area contributed by atoms with Gasteiger partial charge in [-0.05, 0) is 49.4 Å². The summed E-state index contributed by atoms with van der Waals surface area (Å²) in [5, 5.41) is 7.57. The molecule has 0 aliphatic rings. The Balaban J connectivity index is 0.00000392. The van der Waals surface area contributed by atoms with E-state index in [4.69, 9.17) is 23.2 Å². The van der Waals surface area contributed by atoms with Gasteiger partial charge in [0.05, 0.1) is 10.9 Å². The van der Waals surface area contributed by atoms with Crippen molar-refractivity contribution >= 4 is 63.2 Å². The van der Waals surface area contributed by atoms with Gasteiger partial charge in [0.15, 0.2) is 5.96 Å². The maximum atomic E-state index is 11.9. The molecule has 0 aromatic heterocycles. The van der Waals surface area contributed by atoms with E-state index in [0.29, 0.717) is 22.5 Å². The van der Waals surface area contributed by atoms with Gasteiger partial charge < -0.3 is 10.6 Å². The lowest BCUT2D eigenvalue weighted by molar-refractivity contribution is 0.588. The molecule has 1 unspecified atom stereocenters. The van der Waals surface area contributed by atoms with Crippen LogP contribution in [0.1, 0.15) is 24.1 Å². The van der Waals surface area contributed by atoms with Gasteiger partial charge >= 0.3 is 0 Å². The molecule has 0 saturated heterocycles. The predicted octanol–water partition coefficient (Wildman–Crippen LogP) is 3.95. The normalized spacial score (nSPS) is 12.8. The van der Waals surface area contributed by atoms with Gasteiger partial charge in [-0.1, -0.05) is 41.4 Å². The molecule has 0 aliphatic carbocycles. The van der Waals surface area contributed by atoms with Crippen LogP contribution in [0.5, 0.6) is 0 Å². The third-order valence-electron chi connectivity index (χ3n) is 3.94. The van der Waals surface area contributed by atoms with E-state index in [9.17, 15) is 8.42 Å². The molecule has 2 rings (SSSR count). The Labute approximate surface area is 193 Å². The van der Waals surface area contributed by atoms with Crippen molar-refractivity contribution in [3.05, 3.63) is 63.6 Å². The van der Waals surface area contributed by atoms with Crippen molar-refractivity contribution in [3.63, 3.8) is 0 Å². The summed E-state index contributed by atoms with van der Waals surface area (Å²) in [5.74, 6) is 0.565. The first-order valence-electron chi connectivity index (χ1n) is 8.21. The summed E-state index contributed by atoms with van der Waals surface area (Å²) < 4.78 is 26.1. The van der Waals surface area contributed by atoms with Crippen LogP contribution in [0.2, 0.25) is 10.0 Å². The number of aliphatic imine (C=N–C) groups is 1. The van der Waals surface area contributed by atoms with Gasteiger partial charge in [0.1, 0.15) is 0 Å². The largest absolute Gasteiger partial charge is 0.352 e. The van der Waals surface area contributed by atoms with Gasteiger partial charge in [-0.3, -0.25) is 4.99 Å². The number of rotatable bonds is 6. The predicted molar refractivity (Wildman–Crippen MR) is 126 cm³/mol. The average molecular weight is 557 g/mol. The highest BCUT2D eigenvalue weighted by atomic mass is 127. The van der Waals surface area contributed by atoms with Gasteiger partial charge in [-0.2, -0.15) is 0 Å². The molecule has 0 heterocycles. The van der Waals surface area contributed by atoms with Crippen LogP contribution >= 0.6 is 47.2 Å². The maximum absolute atomic E-state index is 11.9. The quantitative estimate of drug-likeness (QED) is 0.286. The Morgan fingerprint density at radius 2 is 1.89 bits per heavy atom. The van der Waals surface area contributed by atoms with Crippen molar-refractivity contribution in [2.24, 2.45) is 4.99 Å². The second-order valence-electron chi connectivity index (χ2n) is 5.81. The molecule has 0 saturated carbocycles. The van der Waals surface area contributed by atoms with Crippen LogP contribution in [0, 0.1) is 0 Å². The topological polar surface area (TPSA) is 82.6 Å². The van der Waals surface area contributed by atoms with Gasteiger partial charge in [-0.15, -0.1) is 24.0 Å². The highest BCUT2D eigenvalue weighted by Crippen LogP contribution is 2.26.